The summed E-state index contributed by atoms with van der Waals surface area (Å²) >= 11 is 0. The third-order valence-corrected chi connectivity index (χ3v) is 4.01. The van der Waals surface area contributed by atoms with Crippen LogP contribution in [0.25, 0.3) is 0 Å². The number of nitrogens with one attached hydrogen (secondary N) is 1. The first kappa shape index (κ1) is 9.34. The van der Waals surface area contributed by atoms with Crippen LogP contribution >= 0.6 is 0 Å². The van der Waals surface area contributed by atoms with Gasteiger partial charge in [-0.15, -0.1) is 0 Å². The van der Waals surface area contributed by atoms with E-state index in [1.165, 1.54) is 31.4 Å². The second-order valence-corrected chi connectivity index (χ2v) is 4.98. The van der Waals surface area contributed by atoms with Gasteiger partial charge in [0.05, 0.1) is 5.69 Å². The molecule has 2 aliphatic carbocycles. The van der Waals surface area contributed by atoms with Gasteiger partial charge in [0.25, 0.3) is 0 Å². The third-order valence-electron chi connectivity index (χ3n) is 4.01. The zero-order valence-electron chi connectivity index (χ0n) is 9.02. The van der Waals surface area contributed by atoms with Crippen LogP contribution in [-0.4, -0.2) is 11.0 Å². The maximum Gasteiger partial charge on any atom is 0.0541 e. The van der Waals surface area contributed by atoms with Crippen molar-refractivity contribution in [2.24, 2.45) is 11.8 Å². The minimum Gasteiger partial charge on any atom is -0.308 e. The highest BCUT2D eigenvalue weighted by molar-refractivity contribution is 5.04. The number of hydrogen-bond donors (Lipinski definition) is 1. The summed E-state index contributed by atoms with van der Waals surface area (Å²) in [6.45, 7) is 0.939. The molecule has 2 aliphatic rings. The molecule has 0 amide bonds. The molecule has 80 valence electrons. The molecule has 0 unspecified atom stereocenters. The van der Waals surface area contributed by atoms with Gasteiger partial charge in [-0.2, -0.15) is 0 Å². The lowest BCUT2D eigenvalue weighted by Crippen LogP contribution is -2.33. The average molecular weight is 202 g/mol. The van der Waals surface area contributed by atoms with Crippen molar-refractivity contribution in [1.82, 2.24) is 10.3 Å². The molecule has 3 rings (SSSR count). The van der Waals surface area contributed by atoms with Gasteiger partial charge in [-0.05, 0) is 43.2 Å². The molecule has 2 fully saturated rings. The summed E-state index contributed by atoms with van der Waals surface area (Å²) in [5, 5.41) is 3.67. The van der Waals surface area contributed by atoms with E-state index in [4.69, 9.17) is 0 Å². The standard InChI is InChI=1S/C13H18N2/c1-2-6-14-12(3-1)9-15-13-8-10-4-5-11(13)7-10/h1-3,6,10-11,13,15H,4-5,7-9H2/t10-,11-,13+/m0/s1. The Kier molecular flexibility index (Phi) is 2.45. The van der Waals surface area contributed by atoms with Crippen LogP contribution in [0.5, 0.6) is 0 Å². The van der Waals surface area contributed by atoms with E-state index >= 15 is 0 Å². The van der Waals surface area contributed by atoms with Crippen molar-refractivity contribution in [3.05, 3.63) is 30.1 Å². The van der Waals surface area contributed by atoms with Gasteiger partial charge in [-0.25, -0.2) is 0 Å². The van der Waals surface area contributed by atoms with Crippen LogP contribution in [0.15, 0.2) is 24.4 Å². The molecule has 0 radical (unpaired) electrons. The molecular formula is C13H18N2. The van der Waals surface area contributed by atoms with E-state index in [-0.39, 0.29) is 0 Å². The summed E-state index contributed by atoms with van der Waals surface area (Å²) in [7, 11) is 0. The monoisotopic (exact) mass is 202 g/mol. The Labute approximate surface area is 91.1 Å². The maximum atomic E-state index is 4.34. The molecular weight excluding hydrogens is 184 g/mol. The van der Waals surface area contributed by atoms with Crippen LogP contribution in [-0.2, 0) is 6.54 Å². The Morgan fingerprint density at radius 1 is 1.27 bits per heavy atom. The van der Waals surface area contributed by atoms with Crippen molar-refractivity contribution in [2.75, 3.05) is 0 Å². The Morgan fingerprint density at radius 2 is 2.27 bits per heavy atom. The summed E-state index contributed by atoms with van der Waals surface area (Å²) in [5.74, 6) is 1.98. The number of hydrogen-bond acceptors (Lipinski definition) is 2. The van der Waals surface area contributed by atoms with E-state index in [1.807, 2.05) is 12.3 Å². The second kappa shape index (κ2) is 3.93. The summed E-state index contributed by atoms with van der Waals surface area (Å²) in [4.78, 5) is 4.34. The van der Waals surface area contributed by atoms with E-state index in [9.17, 15) is 0 Å². The van der Waals surface area contributed by atoms with Crippen molar-refractivity contribution in [3.8, 4) is 0 Å². The highest BCUT2D eigenvalue weighted by atomic mass is 14.9. The van der Waals surface area contributed by atoms with E-state index in [1.54, 1.807) is 0 Å². The normalized spacial score (nSPS) is 33.5. The fourth-order valence-electron chi connectivity index (χ4n) is 3.23. The van der Waals surface area contributed by atoms with Crippen LogP contribution in [0.3, 0.4) is 0 Å². The van der Waals surface area contributed by atoms with Crippen molar-refractivity contribution >= 4 is 0 Å². The minimum absolute atomic E-state index is 0.769. The molecule has 0 aromatic carbocycles. The first-order valence-electron chi connectivity index (χ1n) is 6.05. The minimum atomic E-state index is 0.769. The molecule has 1 N–H and O–H groups in total. The number of nitrogens with zero attached hydrogens (tertiary/aromatic N) is 1. The molecule has 1 aromatic rings. The van der Waals surface area contributed by atoms with E-state index in [0.717, 1.165) is 24.4 Å². The summed E-state index contributed by atoms with van der Waals surface area (Å²) in [5.41, 5.74) is 1.17. The summed E-state index contributed by atoms with van der Waals surface area (Å²) < 4.78 is 0. The van der Waals surface area contributed by atoms with Crippen LogP contribution in [0, 0.1) is 11.8 Å². The molecule has 0 saturated heterocycles. The number of pyridine rings is 1. The van der Waals surface area contributed by atoms with E-state index in [0.29, 0.717) is 0 Å². The number of rotatable bonds is 3. The quantitative estimate of drug-likeness (QED) is 0.814. The Hall–Kier alpha value is -0.890. The summed E-state index contributed by atoms with van der Waals surface area (Å²) in [6, 6.07) is 6.90. The molecule has 3 atom stereocenters. The van der Waals surface area contributed by atoms with E-state index < -0.39 is 0 Å². The number of aromatic nitrogens is 1. The molecule has 2 bridgehead atoms. The zero-order valence-corrected chi connectivity index (χ0v) is 9.02. The van der Waals surface area contributed by atoms with Gasteiger partial charge >= 0.3 is 0 Å². The predicted octanol–water partition coefficient (Wildman–Crippen LogP) is 2.36. The van der Waals surface area contributed by atoms with Crippen LogP contribution < -0.4 is 5.32 Å². The SMILES string of the molecule is c1ccc(CN[C@@H]2C[C@H]3CC[C@H]2C3)nc1. The highest BCUT2D eigenvalue weighted by Gasteiger charge is 2.38. The highest BCUT2D eigenvalue weighted by Crippen LogP contribution is 2.44. The van der Waals surface area contributed by atoms with Gasteiger partial charge in [0.15, 0.2) is 0 Å². The van der Waals surface area contributed by atoms with Gasteiger partial charge in [-0.1, -0.05) is 12.5 Å². The maximum absolute atomic E-state index is 4.34. The first-order valence-corrected chi connectivity index (χ1v) is 6.05. The topological polar surface area (TPSA) is 24.9 Å². The molecule has 2 nitrogen and oxygen atoms in total. The molecule has 1 aromatic heterocycles. The Bertz CT molecular complexity index is 323. The molecule has 15 heavy (non-hydrogen) atoms. The smallest absolute Gasteiger partial charge is 0.0541 e. The largest absolute Gasteiger partial charge is 0.308 e. The van der Waals surface area contributed by atoms with Gasteiger partial charge in [0, 0.05) is 18.8 Å². The molecule has 0 spiro atoms. The first-order chi connectivity index (χ1) is 7.42. The van der Waals surface area contributed by atoms with Crippen molar-refractivity contribution in [2.45, 2.75) is 38.3 Å². The molecule has 1 heterocycles. The van der Waals surface area contributed by atoms with Gasteiger partial charge in [0.1, 0.15) is 0 Å². The van der Waals surface area contributed by atoms with Gasteiger partial charge in [0.2, 0.25) is 0 Å². The Balaban J connectivity index is 1.55. The third kappa shape index (κ3) is 1.91. The molecule has 2 heteroatoms. The lowest BCUT2D eigenvalue weighted by molar-refractivity contribution is 0.349. The zero-order chi connectivity index (χ0) is 10.1. The Morgan fingerprint density at radius 3 is 2.93 bits per heavy atom. The molecule has 2 saturated carbocycles. The average Bonchev–Trinajstić information content (AvgIpc) is 2.89. The fraction of sp³-hybridized carbons (Fsp3) is 0.615. The van der Waals surface area contributed by atoms with Crippen LogP contribution in [0.4, 0.5) is 0 Å². The van der Waals surface area contributed by atoms with Crippen LogP contribution in [0.2, 0.25) is 0 Å². The van der Waals surface area contributed by atoms with Gasteiger partial charge < -0.3 is 5.32 Å². The summed E-state index contributed by atoms with van der Waals surface area (Å²) in [6.07, 6.45) is 7.67. The second-order valence-electron chi connectivity index (χ2n) is 4.98. The van der Waals surface area contributed by atoms with Crippen molar-refractivity contribution in [1.29, 1.82) is 0 Å². The fourth-order valence-corrected chi connectivity index (χ4v) is 3.23. The number of fused-ring (bicyclic) bond motifs is 2. The lowest BCUT2D eigenvalue weighted by atomic mass is 9.95. The van der Waals surface area contributed by atoms with Crippen molar-refractivity contribution in [3.63, 3.8) is 0 Å². The van der Waals surface area contributed by atoms with Crippen molar-refractivity contribution < 1.29 is 0 Å². The van der Waals surface area contributed by atoms with Crippen LogP contribution in [0.1, 0.15) is 31.4 Å². The lowest BCUT2D eigenvalue weighted by Gasteiger charge is -2.22. The van der Waals surface area contributed by atoms with E-state index in [2.05, 4.69) is 22.4 Å². The van der Waals surface area contributed by atoms with Gasteiger partial charge in [-0.3, -0.25) is 4.98 Å². The molecule has 0 aliphatic heterocycles. The predicted molar refractivity (Wildman–Crippen MR) is 60.3 cm³/mol.